The molecule has 2 atom stereocenters. The SMILES string of the molecule is CCCCCCC=CC1OCOCC1CC=O. The van der Waals surface area contributed by atoms with Crippen molar-refractivity contribution in [1.82, 2.24) is 0 Å². The number of aldehydes is 1. The fourth-order valence-electron chi connectivity index (χ4n) is 2.01. The van der Waals surface area contributed by atoms with Crippen LogP contribution in [0.2, 0.25) is 0 Å². The van der Waals surface area contributed by atoms with Gasteiger partial charge in [0.05, 0.1) is 12.7 Å². The molecule has 0 N–H and O–H groups in total. The zero-order chi connectivity index (χ0) is 12.3. The summed E-state index contributed by atoms with van der Waals surface area (Å²) in [5, 5.41) is 0. The zero-order valence-electron chi connectivity index (χ0n) is 10.8. The Balaban J connectivity index is 2.21. The molecular weight excluding hydrogens is 216 g/mol. The summed E-state index contributed by atoms with van der Waals surface area (Å²) in [6.07, 6.45) is 12.0. The summed E-state index contributed by atoms with van der Waals surface area (Å²) in [6.45, 7) is 3.19. The Bertz CT molecular complexity index is 226. The van der Waals surface area contributed by atoms with E-state index >= 15 is 0 Å². The molecule has 1 heterocycles. The third-order valence-electron chi connectivity index (χ3n) is 3.09. The fraction of sp³-hybridized carbons (Fsp3) is 0.786. The molecule has 0 aromatic rings. The molecule has 1 aliphatic heterocycles. The first-order valence-electron chi connectivity index (χ1n) is 6.68. The second-order valence-electron chi connectivity index (χ2n) is 4.56. The average Bonchev–Trinajstić information content (AvgIpc) is 2.36. The monoisotopic (exact) mass is 240 g/mol. The van der Waals surface area contributed by atoms with Gasteiger partial charge in [-0.1, -0.05) is 38.3 Å². The van der Waals surface area contributed by atoms with Gasteiger partial charge >= 0.3 is 0 Å². The van der Waals surface area contributed by atoms with Crippen LogP contribution in [0, 0.1) is 5.92 Å². The van der Waals surface area contributed by atoms with Gasteiger partial charge in [0, 0.05) is 12.3 Å². The van der Waals surface area contributed by atoms with Gasteiger partial charge in [0.25, 0.3) is 0 Å². The normalized spacial score (nSPS) is 25.2. The second kappa shape index (κ2) is 9.37. The van der Waals surface area contributed by atoms with E-state index in [2.05, 4.69) is 19.1 Å². The maximum absolute atomic E-state index is 10.5. The number of carbonyl (C=O) groups is 1. The topological polar surface area (TPSA) is 35.5 Å². The summed E-state index contributed by atoms with van der Waals surface area (Å²) in [4.78, 5) is 10.5. The number of allylic oxidation sites excluding steroid dienone is 1. The summed E-state index contributed by atoms with van der Waals surface area (Å²) in [6, 6.07) is 0. The predicted octanol–water partition coefficient (Wildman–Crippen LogP) is 3.09. The minimum Gasteiger partial charge on any atom is -0.355 e. The first kappa shape index (κ1) is 14.4. The molecule has 0 aromatic heterocycles. The van der Waals surface area contributed by atoms with Crippen LogP contribution in [0.3, 0.4) is 0 Å². The smallest absolute Gasteiger partial charge is 0.147 e. The molecule has 3 heteroatoms. The van der Waals surface area contributed by atoms with E-state index in [1.54, 1.807) is 0 Å². The van der Waals surface area contributed by atoms with Crippen molar-refractivity contribution in [2.75, 3.05) is 13.4 Å². The summed E-state index contributed by atoms with van der Waals surface area (Å²) in [5.41, 5.74) is 0. The Morgan fingerprint density at radius 3 is 2.94 bits per heavy atom. The Morgan fingerprint density at radius 1 is 1.29 bits per heavy atom. The summed E-state index contributed by atoms with van der Waals surface area (Å²) >= 11 is 0. The van der Waals surface area contributed by atoms with Crippen LogP contribution in [0.15, 0.2) is 12.2 Å². The van der Waals surface area contributed by atoms with Crippen molar-refractivity contribution >= 4 is 6.29 Å². The largest absolute Gasteiger partial charge is 0.355 e. The van der Waals surface area contributed by atoms with Crippen molar-refractivity contribution < 1.29 is 14.3 Å². The van der Waals surface area contributed by atoms with E-state index in [0.717, 1.165) is 12.7 Å². The summed E-state index contributed by atoms with van der Waals surface area (Å²) in [5.74, 6) is 0.188. The predicted molar refractivity (Wildman–Crippen MR) is 67.8 cm³/mol. The van der Waals surface area contributed by atoms with E-state index in [-0.39, 0.29) is 12.0 Å². The van der Waals surface area contributed by atoms with Gasteiger partial charge < -0.3 is 14.3 Å². The van der Waals surface area contributed by atoms with Crippen molar-refractivity contribution in [1.29, 1.82) is 0 Å². The summed E-state index contributed by atoms with van der Waals surface area (Å²) in [7, 11) is 0. The van der Waals surface area contributed by atoms with Crippen LogP contribution in [-0.4, -0.2) is 25.8 Å². The van der Waals surface area contributed by atoms with Crippen molar-refractivity contribution in [3.05, 3.63) is 12.2 Å². The number of ether oxygens (including phenoxy) is 2. The van der Waals surface area contributed by atoms with Crippen LogP contribution in [0.25, 0.3) is 0 Å². The van der Waals surface area contributed by atoms with Crippen LogP contribution < -0.4 is 0 Å². The molecule has 17 heavy (non-hydrogen) atoms. The van der Waals surface area contributed by atoms with E-state index in [1.165, 1.54) is 25.7 Å². The number of hydrogen-bond acceptors (Lipinski definition) is 3. The molecule has 0 aliphatic carbocycles. The fourth-order valence-corrected chi connectivity index (χ4v) is 2.01. The zero-order valence-corrected chi connectivity index (χ0v) is 10.8. The third-order valence-corrected chi connectivity index (χ3v) is 3.09. The minimum atomic E-state index is 0.0557. The summed E-state index contributed by atoms with van der Waals surface area (Å²) < 4.78 is 10.7. The van der Waals surface area contributed by atoms with Gasteiger partial charge in [-0.25, -0.2) is 0 Å². The Morgan fingerprint density at radius 2 is 2.18 bits per heavy atom. The average molecular weight is 240 g/mol. The quantitative estimate of drug-likeness (QED) is 0.371. The van der Waals surface area contributed by atoms with Crippen LogP contribution >= 0.6 is 0 Å². The van der Waals surface area contributed by atoms with Crippen LogP contribution in [0.4, 0.5) is 0 Å². The van der Waals surface area contributed by atoms with E-state index in [9.17, 15) is 4.79 Å². The van der Waals surface area contributed by atoms with Crippen molar-refractivity contribution in [2.24, 2.45) is 5.92 Å². The van der Waals surface area contributed by atoms with Crippen LogP contribution in [-0.2, 0) is 14.3 Å². The number of rotatable bonds is 8. The molecular formula is C14H24O3. The Kier molecular flexibility index (Phi) is 7.93. The van der Waals surface area contributed by atoms with E-state index in [1.807, 2.05) is 0 Å². The highest BCUT2D eigenvalue weighted by atomic mass is 16.7. The number of carbonyl (C=O) groups excluding carboxylic acids is 1. The van der Waals surface area contributed by atoms with E-state index in [0.29, 0.717) is 19.8 Å². The Labute approximate surface area is 104 Å². The lowest BCUT2D eigenvalue weighted by molar-refractivity contribution is -0.156. The first-order chi connectivity index (χ1) is 8.38. The number of unbranched alkanes of at least 4 members (excludes halogenated alkanes) is 4. The molecule has 1 rings (SSSR count). The number of hydrogen-bond donors (Lipinski definition) is 0. The van der Waals surface area contributed by atoms with E-state index < -0.39 is 0 Å². The van der Waals surface area contributed by atoms with Crippen LogP contribution in [0.1, 0.15) is 45.4 Å². The molecule has 0 spiro atoms. The highest BCUT2D eigenvalue weighted by Crippen LogP contribution is 2.18. The highest BCUT2D eigenvalue weighted by molar-refractivity contribution is 5.50. The molecule has 0 bridgehead atoms. The molecule has 0 aromatic carbocycles. The minimum absolute atomic E-state index is 0.0557. The molecule has 98 valence electrons. The van der Waals surface area contributed by atoms with Gasteiger partial charge in [-0.05, 0) is 12.8 Å². The van der Waals surface area contributed by atoms with Gasteiger partial charge in [-0.15, -0.1) is 0 Å². The van der Waals surface area contributed by atoms with Gasteiger partial charge in [-0.3, -0.25) is 0 Å². The first-order valence-corrected chi connectivity index (χ1v) is 6.68. The van der Waals surface area contributed by atoms with Gasteiger partial charge in [-0.2, -0.15) is 0 Å². The molecule has 0 amide bonds. The van der Waals surface area contributed by atoms with Gasteiger partial charge in [0.1, 0.15) is 13.1 Å². The van der Waals surface area contributed by atoms with E-state index in [4.69, 9.17) is 9.47 Å². The lowest BCUT2D eigenvalue weighted by atomic mass is 9.98. The van der Waals surface area contributed by atoms with Gasteiger partial charge in [0.2, 0.25) is 0 Å². The second-order valence-corrected chi connectivity index (χ2v) is 4.56. The van der Waals surface area contributed by atoms with Crippen molar-refractivity contribution in [3.63, 3.8) is 0 Å². The van der Waals surface area contributed by atoms with Crippen molar-refractivity contribution in [3.8, 4) is 0 Å². The highest BCUT2D eigenvalue weighted by Gasteiger charge is 2.23. The molecule has 3 nitrogen and oxygen atoms in total. The standard InChI is InChI=1S/C14H24O3/c1-2-3-4-5-6-7-8-14-13(9-10-15)11-16-12-17-14/h7-8,10,13-14H,2-6,9,11-12H2,1H3. The lowest BCUT2D eigenvalue weighted by Gasteiger charge is -2.28. The maximum atomic E-state index is 10.5. The Hall–Kier alpha value is -0.670. The molecule has 0 radical (unpaired) electrons. The molecule has 1 fully saturated rings. The van der Waals surface area contributed by atoms with Crippen molar-refractivity contribution in [2.45, 2.75) is 51.6 Å². The molecule has 0 saturated carbocycles. The molecule has 1 saturated heterocycles. The van der Waals surface area contributed by atoms with Crippen LogP contribution in [0.5, 0.6) is 0 Å². The van der Waals surface area contributed by atoms with Gasteiger partial charge in [0.15, 0.2) is 0 Å². The lowest BCUT2D eigenvalue weighted by Crippen LogP contribution is -2.33. The maximum Gasteiger partial charge on any atom is 0.147 e. The molecule has 2 unspecified atom stereocenters. The molecule has 1 aliphatic rings. The third kappa shape index (κ3) is 5.99.